The SMILES string of the molecule is Cc1cnn(CCC(=O)N[C@H](Cc2ccccc2)C2CC2)c1. The molecule has 1 saturated carbocycles. The number of aryl methyl sites for hydroxylation is 2. The van der Waals surface area contributed by atoms with Gasteiger partial charge >= 0.3 is 0 Å². The van der Waals surface area contributed by atoms with Crippen LogP contribution in [0.4, 0.5) is 0 Å². The molecule has 2 aromatic rings. The molecule has 1 aliphatic rings. The summed E-state index contributed by atoms with van der Waals surface area (Å²) in [5.41, 5.74) is 2.42. The Morgan fingerprint density at radius 2 is 2.14 bits per heavy atom. The van der Waals surface area contributed by atoms with Crippen molar-refractivity contribution in [3.63, 3.8) is 0 Å². The summed E-state index contributed by atoms with van der Waals surface area (Å²) in [5, 5.41) is 7.44. The van der Waals surface area contributed by atoms with Gasteiger partial charge in [0.25, 0.3) is 0 Å². The smallest absolute Gasteiger partial charge is 0.222 e. The van der Waals surface area contributed by atoms with Crippen LogP contribution in [0.25, 0.3) is 0 Å². The highest BCUT2D eigenvalue weighted by Crippen LogP contribution is 2.34. The van der Waals surface area contributed by atoms with Gasteiger partial charge in [-0.25, -0.2) is 0 Å². The summed E-state index contributed by atoms with van der Waals surface area (Å²) in [6, 6.07) is 10.7. The van der Waals surface area contributed by atoms with E-state index >= 15 is 0 Å². The third kappa shape index (κ3) is 4.20. The van der Waals surface area contributed by atoms with Gasteiger partial charge in [0.15, 0.2) is 0 Å². The van der Waals surface area contributed by atoms with Crippen molar-refractivity contribution in [1.82, 2.24) is 15.1 Å². The fourth-order valence-electron chi connectivity index (χ4n) is 2.79. The maximum absolute atomic E-state index is 12.2. The first-order valence-corrected chi connectivity index (χ1v) is 8.03. The predicted octanol–water partition coefficient (Wildman–Crippen LogP) is 2.72. The number of hydrogen-bond donors (Lipinski definition) is 1. The number of amides is 1. The molecule has 1 atom stereocenters. The molecule has 1 fully saturated rings. The zero-order chi connectivity index (χ0) is 15.4. The van der Waals surface area contributed by atoms with Crippen molar-refractivity contribution in [2.24, 2.45) is 5.92 Å². The van der Waals surface area contributed by atoms with Crippen LogP contribution in [0.2, 0.25) is 0 Å². The Hall–Kier alpha value is -2.10. The number of carbonyl (C=O) groups is 1. The number of nitrogens with one attached hydrogen (secondary N) is 1. The van der Waals surface area contributed by atoms with Crippen molar-refractivity contribution in [1.29, 1.82) is 0 Å². The van der Waals surface area contributed by atoms with Crippen LogP contribution in [-0.2, 0) is 17.8 Å². The van der Waals surface area contributed by atoms with Gasteiger partial charge in [0.05, 0.1) is 6.20 Å². The molecule has 0 saturated heterocycles. The summed E-state index contributed by atoms with van der Waals surface area (Å²) in [4.78, 5) is 12.2. The van der Waals surface area contributed by atoms with Gasteiger partial charge in [-0.15, -0.1) is 0 Å². The minimum Gasteiger partial charge on any atom is -0.353 e. The number of carbonyl (C=O) groups excluding carboxylic acids is 1. The Kier molecular flexibility index (Phi) is 4.56. The van der Waals surface area contributed by atoms with Crippen LogP contribution < -0.4 is 5.32 Å². The van der Waals surface area contributed by atoms with Gasteiger partial charge in [-0.2, -0.15) is 5.10 Å². The van der Waals surface area contributed by atoms with Gasteiger partial charge in [0, 0.05) is 25.2 Å². The van der Waals surface area contributed by atoms with Crippen LogP contribution in [0.1, 0.15) is 30.4 Å². The minimum absolute atomic E-state index is 0.126. The van der Waals surface area contributed by atoms with E-state index in [4.69, 9.17) is 0 Å². The first-order valence-electron chi connectivity index (χ1n) is 8.03. The largest absolute Gasteiger partial charge is 0.353 e. The Labute approximate surface area is 131 Å². The molecule has 0 bridgehead atoms. The summed E-state index contributed by atoms with van der Waals surface area (Å²) < 4.78 is 1.83. The number of aromatic nitrogens is 2. The molecule has 4 heteroatoms. The zero-order valence-corrected chi connectivity index (χ0v) is 13.0. The normalized spacial score (nSPS) is 15.5. The van der Waals surface area contributed by atoms with Crippen molar-refractivity contribution in [3.05, 3.63) is 53.9 Å². The molecule has 1 aromatic heterocycles. The molecule has 4 nitrogen and oxygen atoms in total. The summed E-state index contributed by atoms with van der Waals surface area (Å²) in [6.07, 6.45) is 7.67. The highest BCUT2D eigenvalue weighted by Gasteiger charge is 2.32. The van der Waals surface area contributed by atoms with Gasteiger partial charge in [0.2, 0.25) is 5.91 Å². The van der Waals surface area contributed by atoms with Crippen molar-refractivity contribution in [3.8, 4) is 0 Å². The molecular weight excluding hydrogens is 274 g/mol. The molecule has 1 aromatic carbocycles. The Morgan fingerprint density at radius 1 is 1.36 bits per heavy atom. The first-order chi connectivity index (χ1) is 10.7. The van der Waals surface area contributed by atoms with Crippen LogP contribution in [0.5, 0.6) is 0 Å². The third-order valence-electron chi connectivity index (χ3n) is 4.17. The van der Waals surface area contributed by atoms with Crippen molar-refractivity contribution in [2.75, 3.05) is 0 Å². The maximum atomic E-state index is 12.2. The average molecular weight is 297 g/mol. The predicted molar refractivity (Wildman–Crippen MR) is 86.4 cm³/mol. The van der Waals surface area contributed by atoms with Crippen LogP contribution in [0, 0.1) is 12.8 Å². The monoisotopic (exact) mass is 297 g/mol. The van der Waals surface area contributed by atoms with Gasteiger partial charge in [-0.1, -0.05) is 30.3 Å². The van der Waals surface area contributed by atoms with Gasteiger partial charge < -0.3 is 5.32 Å². The maximum Gasteiger partial charge on any atom is 0.222 e. The second-order valence-corrected chi connectivity index (χ2v) is 6.23. The number of benzene rings is 1. The third-order valence-corrected chi connectivity index (χ3v) is 4.17. The lowest BCUT2D eigenvalue weighted by Gasteiger charge is -2.18. The molecule has 0 spiro atoms. The van der Waals surface area contributed by atoms with E-state index in [-0.39, 0.29) is 11.9 Å². The lowest BCUT2D eigenvalue weighted by molar-refractivity contribution is -0.122. The lowest BCUT2D eigenvalue weighted by Crippen LogP contribution is -2.38. The number of hydrogen-bond acceptors (Lipinski definition) is 2. The second kappa shape index (κ2) is 6.77. The molecule has 0 unspecified atom stereocenters. The van der Waals surface area contributed by atoms with Crippen molar-refractivity contribution >= 4 is 5.91 Å². The summed E-state index contributed by atoms with van der Waals surface area (Å²) in [7, 11) is 0. The standard InChI is InChI=1S/C18H23N3O/c1-14-12-19-21(13-14)10-9-18(22)20-17(16-7-8-16)11-15-5-3-2-4-6-15/h2-6,12-13,16-17H,7-11H2,1H3,(H,20,22)/t17-/m1/s1. The fourth-order valence-corrected chi connectivity index (χ4v) is 2.79. The molecule has 1 aliphatic carbocycles. The zero-order valence-electron chi connectivity index (χ0n) is 13.0. The number of nitrogens with zero attached hydrogens (tertiary/aromatic N) is 2. The van der Waals surface area contributed by atoms with E-state index in [0.29, 0.717) is 18.9 Å². The van der Waals surface area contributed by atoms with E-state index in [1.54, 1.807) is 0 Å². The highest BCUT2D eigenvalue weighted by atomic mass is 16.1. The molecule has 1 amide bonds. The summed E-state index contributed by atoms with van der Waals surface area (Å²) in [6.45, 7) is 2.65. The van der Waals surface area contributed by atoms with E-state index in [9.17, 15) is 4.79 Å². The van der Waals surface area contributed by atoms with Crippen molar-refractivity contribution in [2.45, 2.75) is 45.2 Å². The second-order valence-electron chi connectivity index (χ2n) is 6.23. The van der Waals surface area contributed by atoms with E-state index < -0.39 is 0 Å². The molecule has 22 heavy (non-hydrogen) atoms. The molecule has 1 heterocycles. The van der Waals surface area contributed by atoms with E-state index in [1.807, 2.05) is 30.1 Å². The number of rotatable bonds is 7. The van der Waals surface area contributed by atoms with Gasteiger partial charge in [-0.05, 0) is 43.2 Å². The quantitative estimate of drug-likeness (QED) is 0.854. The first kappa shape index (κ1) is 14.8. The molecule has 3 rings (SSSR count). The molecule has 0 radical (unpaired) electrons. The summed E-state index contributed by atoms with van der Waals surface area (Å²) in [5.74, 6) is 0.775. The minimum atomic E-state index is 0.126. The molecule has 0 aliphatic heterocycles. The topological polar surface area (TPSA) is 46.9 Å². The Bertz CT molecular complexity index is 616. The van der Waals surface area contributed by atoms with Crippen molar-refractivity contribution < 1.29 is 4.79 Å². The fraction of sp³-hybridized carbons (Fsp3) is 0.444. The lowest BCUT2D eigenvalue weighted by atomic mass is 10.0. The summed E-state index contributed by atoms with van der Waals surface area (Å²) >= 11 is 0. The molecular formula is C18H23N3O. The molecule has 1 N–H and O–H groups in total. The van der Waals surface area contributed by atoms with Crippen LogP contribution >= 0.6 is 0 Å². The van der Waals surface area contributed by atoms with Gasteiger partial charge in [-0.3, -0.25) is 9.48 Å². The Morgan fingerprint density at radius 3 is 2.77 bits per heavy atom. The van der Waals surface area contributed by atoms with E-state index in [0.717, 1.165) is 12.0 Å². The van der Waals surface area contributed by atoms with Crippen LogP contribution in [0.3, 0.4) is 0 Å². The highest BCUT2D eigenvalue weighted by molar-refractivity contribution is 5.76. The van der Waals surface area contributed by atoms with Crippen LogP contribution in [0.15, 0.2) is 42.7 Å². The van der Waals surface area contributed by atoms with Crippen LogP contribution in [-0.4, -0.2) is 21.7 Å². The Balaban J connectivity index is 1.51. The van der Waals surface area contributed by atoms with Gasteiger partial charge in [0.1, 0.15) is 0 Å². The van der Waals surface area contributed by atoms with E-state index in [2.05, 4.69) is 34.7 Å². The molecule has 116 valence electrons. The van der Waals surface area contributed by atoms with E-state index in [1.165, 1.54) is 18.4 Å². The average Bonchev–Trinajstić information content (AvgIpc) is 3.28.